The van der Waals surface area contributed by atoms with E-state index < -0.39 is 18.1 Å². The predicted octanol–water partition coefficient (Wildman–Crippen LogP) is 3.14. The third kappa shape index (κ3) is 2.92. The summed E-state index contributed by atoms with van der Waals surface area (Å²) in [6.45, 7) is 0. The number of carbonyl (C=O) groups is 1. The third-order valence-corrected chi connectivity index (χ3v) is 3.81. The lowest BCUT2D eigenvalue weighted by Crippen LogP contribution is -2.06. The van der Waals surface area contributed by atoms with Gasteiger partial charge in [-0.1, -0.05) is 0 Å². The second kappa shape index (κ2) is 6.95. The summed E-state index contributed by atoms with van der Waals surface area (Å²) in [4.78, 5) is 16.2. The largest absolute Gasteiger partial charge is 0.493 e. The maximum absolute atomic E-state index is 13.5. The molecule has 0 saturated carbocycles. The van der Waals surface area contributed by atoms with Crippen LogP contribution in [0.2, 0.25) is 0 Å². The smallest absolute Gasteiger partial charge is 0.343 e. The van der Waals surface area contributed by atoms with E-state index in [0.29, 0.717) is 17.1 Å². The average Bonchev–Trinajstić information content (AvgIpc) is 3.09. The van der Waals surface area contributed by atoms with E-state index in [1.165, 1.54) is 27.4 Å². The number of hydrogen-bond donors (Lipinski definition) is 0. The standard InChI is InChI=1S/C17H15F2N3O4/c1-24-13-5-4-9(6-14(13)25-2)11-7-12(15(18)19)22-16(21-11)10(8-20-22)17(23)26-3/h4-8,15H,1-3H3. The van der Waals surface area contributed by atoms with Gasteiger partial charge in [-0.15, -0.1) is 0 Å². The minimum absolute atomic E-state index is 0.00303. The van der Waals surface area contributed by atoms with Crippen molar-refractivity contribution in [2.24, 2.45) is 0 Å². The molecule has 0 spiro atoms. The molecule has 0 aliphatic heterocycles. The van der Waals surface area contributed by atoms with Gasteiger partial charge in [0.05, 0.1) is 33.2 Å². The van der Waals surface area contributed by atoms with E-state index in [2.05, 4.69) is 14.8 Å². The number of nitrogens with zero attached hydrogens (tertiary/aromatic N) is 3. The molecule has 3 aromatic rings. The van der Waals surface area contributed by atoms with Gasteiger partial charge in [-0.2, -0.15) is 5.10 Å². The molecule has 1 aromatic carbocycles. The van der Waals surface area contributed by atoms with Crippen LogP contribution in [0.1, 0.15) is 22.5 Å². The van der Waals surface area contributed by atoms with E-state index >= 15 is 0 Å². The molecule has 2 aromatic heterocycles. The SMILES string of the molecule is COC(=O)c1cnn2c(C(F)F)cc(-c3ccc(OC)c(OC)c3)nc12. The molecule has 7 nitrogen and oxygen atoms in total. The first-order valence-corrected chi connectivity index (χ1v) is 7.47. The fourth-order valence-electron chi connectivity index (χ4n) is 2.54. The number of benzene rings is 1. The van der Waals surface area contributed by atoms with Crippen molar-refractivity contribution in [1.29, 1.82) is 0 Å². The first kappa shape index (κ1) is 17.6. The Labute approximate surface area is 147 Å². The quantitative estimate of drug-likeness (QED) is 0.649. The van der Waals surface area contributed by atoms with E-state index in [4.69, 9.17) is 9.47 Å². The Kier molecular flexibility index (Phi) is 4.70. The highest BCUT2D eigenvalue weighted by Gasteiger charge is 2.22. The summed E-state index contributed by atoms with van der Waals surface area (Å²) in [6.07, 6.45) is -1.66. The number of methoxy groups -OCH3 is 3. The molecule has 26 heavy (non-hydrogen) atoms. The lowest BCUT2D eigenvalue weighted by molar-refractivity contribution is 0.0602. The molecule has 3 rings (SSSR count). The molecule has 0 amide bonds. The summed E-state index contributed by atoms with van der Waals surface area (Å²) in [7, 11) is 4.15. The maximum atomic E-state index is 13.5. The molecule has 0 bridgehead atoms. The number of carbonyl (C=O) groups excluding carboxylic acids is 1. The van der Waals surface area contributed by atoms with Crippen LogP contribution >= 0.6 is 0 Å². The molecule has 0 saturated heterocycles. The number of rotatable bonds is 5. The summed E-state index contributed by atoms with van der Waals surface area (Å²) >= 11 is 0. The third-order valence-electron chi connectivity index (χ3n) is 3.81. The Bertz CT molecular complexity index is 972. The van der Waals surface area contributed by atoms with Gasteiger partial charge in [0, 0.05) is 5.56 Å². The van der Waals surface area contributed by atoms with E-state index in [1.807, 2.05) is 0 Å². The summed E-state index contributed by atoms with van der Waals surface area (Å²) < 4.78 is 43.0. The second-order valence-corrected chi connectivity index (χ2v) is 5.22. The van der Waals surface area contributed by atoms with E-state index in [-0.39, 0.29) is 16.9 Å². The van der Waals surface area contributed by atoms with Gasteiger partial charge >= 0.3 is 5.97 Å². The summed E-state index contributed by atoms with van der Waals surface area (Å²) in [6, 6.07) is 6.12. The van der Waals surface area contributed by atoms with Gasteiger partial charge in [-0.05, 0) is 24.3 Å². The average molecular weight is 363 g/mol. The second-order valence-electron chi connectivity index (χ2n) is 5.22. The van der Waals surface area contributed by atoms with Crippen molar-refractivity contribution in [3.05, 3.63) is 41.7 Å². The molecule has 2 heterocycles. The van der Waals surface area contributed by atoms with Crippen molar-refractivity contribution in [2.45, 2.75) is 6.43 Å². The van der Waals surface area contributed by atoms with E-state index in [0.717, 1.165) is 10.7 Å². The minimum Gasteiger partial charge on any atom is -0.493 e. The molecule has 0 fully saturated rings. The highest BCUT2D eigenvalue weighted by molar-refractivity contribution is 5.95. The zero-order valence-electron chi connectivity index (χ0n) is 14.2. The van der Waals surface area contributed by atoms with Gasteiger partial charge in [-0.3, -0.25) is 0 Å². The van der Waals surface area contributed by atoms with Crippen molar-refractivity contribution in [3.63, 3.8) is 0 Å². The minimum atomic E-state index is -2.82. The fraction of sp³-hybridized carbons (Fsp3) is 0.235. The van der Waals surface area contributed by atoms with E-state index in [9.17, 15) is 13.6 Å². The Hall–Kier alpha value is -3.23. The predicted molar refractivity (Wildman–Crippen MR) is 87.8 cm³/mol. The van der Waals surface area contributed by atoms with Gasteiger partial charge in [-0.25, -0.2) is 23.1 Å². The Morgan fingerprint density at radius 3 is 2.46 bits per heavy atom. The maximum Gasteiger partial charge on any atom is 0.343 e. The number of aromatic nitrogens is 3. The first-order valence-electron chi connectivity index (χ1n) is 7.47. The van der Waals surface area contributed by atoms with Crippen LogP contribution in [-0.2, 0) is 4.74 Å². The molecule has 0 atom stereocenters. The number of halogens is 2. The molecule has 0 radical (unpaired) electrons. The number of alkyl halides is 2. The molecule has 0 aliphatic rings. The topological polar surface area (TPSA) is 75.0 Å². The summed E-state index contributed by atoms with van der Waals surface area (Å²) in [5.41, 5.74) is 0.342. The number of ether oxygens (including phenoxy) is 3. The molecular formula is C17H15F2N3O4. The van der Waals surface area contributed by atoms with Crippen LogP contribution in [0.4, 0.5) is 8.78 Å². The first-order chi connectivity index (χ1) is 12.5. The Morgan fingerprint density at radius 2 is 1.85 bits per heavy atom. The van der Waals surface area contributed by atoms with Crippen LogP contribution in [0.3, 0.4) is 0 Å². The monoisotopic (exact) mass is 363 g/mol. The zero-order valence-corrected chi connectivity index (χ0v) is 14.2. The Balaban J connectivity index is 2.24. The van der Waals surface area contributed by atoms with Crippen LogP contribution in [-0.4, -0.2) is 41.9 Å². The van der Waals surface area contributed by atoms with Gasteiger partial charge in [0.2, 0.25) is 0 Å². The van der Waals surface area contributed by atoms with Crippen molar-refractivity contribution >= 4 is 11.6 Å². The highest BCUT2D eigenvalue weighted by Crippen LogP contribution is 2.33. The van der Waals surface area contributed by atoms with Crippen molar-refractivity contribution in [1.82, 2.24) is 14.6 Å². The Morgan fingerprint density at radius 1 is 1.12 bits per heavy atom. The van der Waals surface area contributed by atoms with Gasteiger partial charge in [0.1, 0.15) is 11.3 Å². The van der Waals surface area contributed by atoms with Crippen molar-refractivity contribution < 1.29 is 27.8 Å². The van der Waals surface area contributed by atoms with E-state index in [1.54, 1.807) is 18.2 Å². The summed E-state index contributed by atoms with van der Waals surface area (Å²) in [5.74, 6) is 0.204. The summed E-state index contributed by atoms with van der Waals surface area (Å²) in [5, 5.41) is 3.83. The van der Waals surface area contributed by atoms with Crippen LogP contribution in [0, 0.1) is 0 Å². The van der Waals surface area contributed by atoms with Crippen LogP contribution in [0.15, 0.2) is 30.5 Å². The fourth-order valence-corrected chi connectivity index (χ4v) is 2.54. The molecular weight excluding hydrogens is 348 g/mol. The molecule has 0 unspecified atom stereocenters. The van der Waals surface area contributed by atoms with Crippen molar-refractivity contribution in [3.8, 4) is 22.8 Å². The molecule has 0 N–H and O–H groups in total. The highest BCUT2D eigenvalue weighted by atomic mass is 19.3. The lowest BCUT2D eigenvalue weighted by atomic mass is 10.1. The van der Waals surface area contributed by atoms with Crippen molar-refractivity contribution in [2.75, 3.05) is 21.3 Å². The lowest BCUT2D eigenvalue weighted by Gasteiger charge is -2.11. The van der Waals surface area contributed by atoms with Gasteiger partial charge in [0.25, 0.3) is 6.43 Å². The zero-order chi connectivity index (χ0) is 18.8. The number of esters is 1. The van der Waals surface area contributed by atoms with Gasteiger partial charge in [0.15, 0.2) is 17.1 Å². The number of fused-ring (bicyclic) bond motifs is 1. The van der Waals surface area contributed by atoms with Crippen LogP contribution in [0.25, 0.3) is 16.9 Å². The molecule has 9 heteroatoms. The van der Waals surface area contributed by atoms with Crippen LogP contribution < -0.4 is 9.47 Å². The normalized spacial score (nSPS) is 11.0. The number of hydrogen-bond acceptors (Lipinski definition) is 6. The molecule has 136 valence electrons. The molecule has 0 aliphatic carbocycles. The van der Waals surface area contributed by atoms with Gasteiger partial charge < -0.3 is 14.2 Å². The van der Waals surface area contributed by atoms with Crippen LogP contribution in [0.5, 0.6) is 11.5 Å².